The van der Waals surface area contributed by atoms with Crippen LogP contribution in [0.15, 0.2) is 30.3 Å². The fraction of sp³-hybridized carbons (Fsp3) is 0.800. The number of amides is 1. The van der Waals surface area contributed by atoms with E-state index in [1.165, 1.54) is 128 Å². The van der Waals surface area contributed by atoms with E-state index in [9.17, 15) is 14.4 Å². The van der Waals surface area contributed by atoms with Crippen molar-refractivity contribution in [1.29, 1.82) is 0 Å². The van der Waals surface area contributed by atoms with Crippen LogP contribution in [-0.4, -0.2) is 55.1 Å². The van der Waals surface area contributed by atoms with Crippen LogP contribution in [0, 0.1) is 0 Å². The Balaban J connectivity index is 2.26. The molecule has 0 radical (unpaired) electrons. The second kappa shape index (κ2) is 35.6. The molecule has 0 aliphatic carbocycles. The van der Waals surface area contributed by atoms with Crippen molar-refractivity contribution >= 4 is 17.8 Å². The van der Waals surface area contributed by atoms with E-state index in [0.29, 0.717) is 19.3 Å². The fourth-order valence-electron chi connectivity index (χ4n) is 6.83. The second-order valence-electron chi connectivity index (χ2n) is 15.1. The number of nitrogens with zero attached hydrogens (tertiary/aromatic N) is 1. The molecule has 7 heteroatoms. The van der Waals surface area contributed by atoms with E-state index in [-0.39, 0.29) is 44.1 Å². The third kappa shape index (κ3) is 29.1. The first-order valence-electron chi connectivity index (χ1n) is 21.9. The largest absolute Gasteiger partial charge is 0.464 e. The molecule has 0 aromatic heterocycles. The summed E-state index contributed by atoms with van der Waals surface area (Å²) in [4.78, 5) is 39.9. The number of ether oxygens (including phenoxy) is 2. The number of quaternary nitrogens is 1. The van der Waals surface area contributed by atoms with Crippen LogP contribution in [-0.2, 0) is 30.3 Å². The van der Waals surface area contributed by atoms with E-state index in [4.69, 9.17) is 9.47 Å². The maximum Gasteiger partial charge on any atom is 0.305 e. The molecule has 7 nitrogen and oxygen atoms in total. The maximum absolute atomic E-state index is 13.4. The predicted octanol–water partition coefficient (Wildman–Crippen LogP) is 10.7. The van der Waals surface area contributed by atoms with Gasteiger partial charge >= 0.3 is 11.9 Å². The molecule has 1 atom stereocenters. The van der Waals surface area contributed by atoms with Crippen LogP contribution in [0.25, 0.3) is 0 Å². The SMILES string of the molecule is CCCCCCCCCCCCCCCC(=O)OCCN(CCOC(=O)CCCCCCCCCCCCCCC)C(=O)C([NH3+])Cc1ccccc1. The topological polar surface area (TPSA) is 101 Å². The lowest BCUT2D eigenvalue weighted by atomic mass is 10.0. The Hall–Kier alpha value is -2.41. The highest BCUT2D eigenvalue weighted by molar-refractivity contribution is 5.80. The molecule has 0 aliphatic rings. The van der Waals surface area contributed by atoms with E-state index in [0.717, 1.165) is 44.1 Å². The molecule has 0 saturated carbocycles. The van der Waals surface area contributed by atoms with Crippen molar-refractivity contribution in [3.8, 4) is 0 Å². The summed E-state index contributed by atoms with van der Waals surface area (Å²) in [6.07, 6.45) is 34.2. The van der Waals surface area contributed by atoms with Gasteiger partial charge < -0.3 is 20.1 Å². The van der Waals surface area contributed by atoms with E-state index in [1.807, 2.05) is 30.3 Å². The van der Waals surface area contributed by atoms with Crippen LogP contribution in [0.3, 0.4) is 0 Å². The molecule has 0 saturated heterocycles. The summed E-state index contributed by atoms with van der Waals surface area (Å²) in [5.41, 5.74) is 5.18. The number of esters is 2. The van der Waals surface area contributed by atoms with Gasteiger partial charge in [0.1, 0.15) is 13.2 Å². The Morgan fingerprint density at radius 1 is 0.519 bits per heavy atom. The molecule has 52 heavy (non-hydrogen) atoms. The average molecular weight is 730 g/mol. The molecule has 0 aliphatic heterocycles. The average Bonchev–Trinajstić information content (AvgIpc) is 3.14. The smallest absolute Gasteiger partial charge is 0.305 e. The Kier molecular flexibility index (Phi) is 32.6. The minimum absolute atomic E-state index is 0.121. The summed E-state index contributed by atoms with van der Waals surface area (Å²) >= 11 is 0. The zero-order chi connectivity index (χ0) is 37.7. The van der Waals surface area contributed by atoms with Crippen molar-refractivity contribution < 1.29 is 29.6 Å². The first-order valence-corrected chi connectivity index (χ1v) is 21.9. The summed E-state index contributed by atoms with van der Waals surface area (Å²) in [5.74, 6) is -0.547. The summed E-state index contributed by atoms with van der Waals surface area (Å²) < 4.78 is 11.0. The summed E-state index contributed by atoms with van der Waals surface area (Å²) in [5, 5.41) is 0. The van der Waals surface area contributed by atoms with E-state index in [2.05, 4.69) is 19.6 Å². The Bertz CT molecular complexity index is 924. The molecule has 0 spiro atoms. The number of carbonyl (C=O) groups is 3. The summed E-state index contributed by atoms with van der Waals surface area (Å²) in [6.45, 7) is 5.32. The van der Waals surface area contributed by atoms with E-state index >= 15 is 0 Å². The molecular weight excluding hydrogens is 649 g/mol. The molecule has 3 N–H and O–H groups in total. The molecule has 1 unspecified atom stereocenters. The molecule has 1 rings (SSSR count). The van der Waals surface area contributed by atoms with Crippen LogP contribution in [0.5, 0.6) is 0 Å². The zero-order valence-electron chi connectivity index (χ0n) is 34.0. The van der Waals surface area contributed by atoms with E-state index in [1.54, 1.807) is 4.90 Å². The third-order valence-electron chi connectivity index (χ3n) is 10.2. The number of hydrogen-bond donors (Lipinski definition) is 1. The minimum Gasteiger partial charge on any atom is -0.464 e. The van der Waals surface area contributed by atoms with Crippen LogP contribution in [0.4, 0.5) is 0 Å². The van der Waals surface area contributed by atoms with Gasteiger partial charge in [0, 0.05) is 19.3 Å². The van der Waals surface area contributed by atoms with Gasteiger partial charge in [-0.15, -0.1) is 0 Å². The maximum atomic E-state index is 13.4. The number of carbonyl (C=O) groups excluding carboxylic acids is 3. The molecule has 1 aromatic carbocycles. The van der Waals surface area contributed by atoms with Crippen LogP contribution >= 0.6 is 0 Å². The highest BCUT2D eigenvalue weighted by atomic mass is 16.5. The van der Waals surface area contributed by atoms with Crippen molar-refractivity contribution in [2.24, 2.45) is 0 Å². The lowest BCUT2D eigenvalue weighted by molar-refractivity contribution is -0.405. The van der Waals surface area contributed by atoms with Gasteiger partial charge in [-0.25, -0.2) is 0 Å². The van der Waals surface area contributed by atoms with Crippen LogP contribution in [0.2, 0.25) is 0 Å². The standard InChI is InChI=1S/C45H80N2O5/c1-3-5-7-9-11-13-15-17-19-21-23-25-30-34-43(48)51-38-36-47(45(50)42(46)40-41-32-28-27-29-33-41)37-39-52-44(49)35-31-26-24-22-20-18-16-14-12-10-8-6-4-2/h27-29,32-33,42H,3-26,30-31,34-40,46H2,1-2H3/p+1. The van der Waals surface area contributed by atoms with E-state index < -0.39 is 6.04 Å². The molecule has 1 aromatic rings. The Morgan fingerprint density at radius 3 is 1.19 bits per heavy atom. The number of unbranched alkanes of at least 4 members (excludes halogenated alkanes) is 24. The lowest BCUT2D eigenvalue weighted by Gasteiger charge is -2.24. The van der Waals surface area contributed by atoms with Gasteiger partial charge in [0.25, 0.3) is 5.91 Å². The summed E-state index contributed by atoms with van der Waals surface area (Å²) in [7, 11) is 0. The normalized spacial score (nSPS) is 11.8. The van der Waals surface area contributed by atoms with Crippen molar-refractivity contribution in [3.05, 3.63) is 35.9 Å². The molecule has 0 heterocycles. The van der Waals surface area contributed by atoms with Gasteiger partial charge in [-0.2, -0.15) is 0 Å². The minimum atomic E-state index is -0.481. The van der Waals surface area contributed by atoms with Gasteiger partial charge in [0.2, 0.25) is 0 Å². The van der Waals surface area contributed by atoms with Crippen LogP contribution < -0.4 is 5.73 Å². The molecule has 0 bridgehead atoms. The fourth-order valence-corrected chi connectivity index (χ4v) is 6.83. The van der Waals surface area contributed by atoms with Gasteiger partial charge in [-0.05, 0) is 18.4 Å². The Labute approximate surface area is 319 Å². The van der Waals surface area contributed by atoms with Crippen molar-refractivity contribution in [3.63, 3.8) is 0 Å². The first-order chi connectivity index (χ1) is 25.5. The number of benzene rings is 1. The number of hydrogen-bond acceptors (Lipinski definition) is 5. The molecule has 1 amide bonds. The highest BCUT2D eigenvalue weighted by Crippen LogP contribution is 2.15. The molecule has 300 valence electrons. The quantitative estimate of drug-likeness (QED) is 0.0543. The third-order valence-corrected chi connectivity index (χ3v) is 10.2. The van der Waals surface area contributed by atoms with Gasteiger partial charge in [0.15, 0.2) is 6.04 Å². The Morgan fingerprint density at radius 2 is 0.846 bits per heavy atom. The highest BCUT2D eigenvalue weighted by Gasteiger charge is 2.25. The predicted molar refractivity (Wildman–Crippen MR) is 216 cm³/mol. The van der Waals surface area contributed by atoms with Crippen molar-refractivity contribution in [1.82, 2.24) is 4.90 Å². The monoisotopic (exact) mass is 730 g/mol. The van der Waals surface area contributed by atoms with Crippen LogP contribution in [0.1, 0.15) is 199 Å². The van der Waals surface area contributed by atoms with Gasteiger partial charge in [-0.1, -0.05) is 198 Å². The van der Waals surface area contributed by atoms with Crippen molar-refractivity contribution in [2.45, 2.75) is 206 Å². The van der Waals surface area contributed by atoms with Gasteiger partial charge in [-0.3, -0.25) is 14.4 Å². The number of rotatable bonds is 37. The zero-order valence-corrected chi connectivity index (χ0v) is 34.0. The molecular formula is C45H81N2O5+. The second-order valence-corrected chi connectivity index (χ2v) is 15.1. The first kappa shape index (κ1) is 47.6. The summed E-state index contributed by atoms with van der Waals surface area (Å²) in [6, 6.07) is 9.37. The van der Waals surface area contributed by atoms with Crippen molar-refractivity contribution in [2.75, 3.05) is 26.3 Å². The lowest BCUT2D eigenvalue weighted by Crippen LogP contribution is -2.69. The van der Waals surface area contributed by atoms with Gasteiger partial charge in [0.05, 0.1) is 13.1 Å². The molecule has 0 fully saturated rings.